The van der Waals surface area contributed by atoms with Gasteiger partial charge in [-0.05, 0) is 40.3 Å². The first-order chi connectivity index (χ1) is 5.69. The van der Waals surface area contributed by atoms with E-state index >= 15 is 0 Å². The predicted molar refractivity (Wildman–Crippen MR) is 56.6 cm³/mol. The highest BCUT2D eigenvalue weighted by Crippen LogP contribution is 2.28. The van der Waals surface area contributed by atoms with Gasteiger partial charge in [-0.1, -0.05) is 11.6 Å². The van der Waals surface area contributed by atoms with Gasteiger partial charge < -0.3 is 9.84 Å². The summed E-state index contributed by atoms with van der Waals surface area (Å²) >= 11 is 7.97. The van der Waals surface area contributed by atoms with Crippen molar-refractivity contribution in [2.75, 3.05) is 7.11 Å². The number of benzene rings is 1. The summed E-state index contributed by atoms with van der Waals surface area (Å²) in [7, 11) is 1.57. The number of rotatable bonds is 2. The molecule has 0 unspecified atom stereocenters. The van der Waals surface area contributed by atoms with Crippen molar-refractivity contribution in [2.24, 2.45) is 0 Å². The van der Waals surface area contributed by atoms with Gasteiger partial charge in [0, 0.05) is 3.57 Å². The normalized spacial score (nSPS) is 10.0. The largest absolute Gasteiger partial charge is 0.495 e. The van der Waals surface area contributed by atoms with Crippen LogP contribution < -0.4 is 4.74 Å². The summed E-state index contributed by atoms with van der Waals surface area (Å²) in [5.74, 6) is 0.637. The van der Waals surface area contributed by atoms with E-state index in [9.17, 15) is 0 Å². The van der Waals surface area contributed by atoms with Gasteiger partial charge in [0.15, 0.2) is 0 Å². The summed E-state index contributed by atoms with van der Waals surface area (Å²) in [5.41, 5.74) is 0.821. The van der Waals surface area contributed by atoms with Crippen LogP contribution in [0.5, 0.6) is 5.75 Å². The highest BCUT2D eigenvalue weighted by Gasteiger charge is 2.05. The van der Waals surface area contributed by atoms with E-state index in [-0.39, 0.29) is 6.61 Å². The van der Waals surface area contributed by atoms with Gasteiger partial charge in [0.2, 0.25) is 0 Å². The number of hydrogen-bond donors (Lipinski definition) is 1. The zero-order valence-electron chi connectivity index (χ0n) is 6.47. The molecule has 1 rings (SSSR count). The molecule has 0 spiro atoms. The Hall–Kier alpha value is -0.000000000000000167. The first-order valence-electron chi connectivity index (χ1n) is 3.31. The number of ether oxygens (including phenoxy) is 1. The third-order valence-corrected chi connectivity index (χ3v) is 2.79. The number of halogens is 2. The van der Waals surface area contributed by atoms with Crippen LogP contribution in [0.1, 0.15) is 5.56 Å². The second kappa shape index (κ2) is 4.30. The van der Waals surface area contributed by atoms with Crippen LogP contribution >= 0.6 is 34.2 Å². The van der Waals surface area contributed by atoms with Crippen LogP contribution in [0.3, 0.4) is 0 Å². The van der Waals surface area contributed by atoms with Crippen LogP contribution in [-0.2, 0) is 6.61 Å². The lowest BCUT2D eigenvalue weighted by molar-refractivity contribution is 0.280. The molecule has 0 fully saturated rings. The van der Waals surface area contributed by atoms with Crippen molar-refractivity contribution in [1.29, 1.82) is 0 Å². The van der Waals surface area contributed by atoms with E-state index in [4.69, 9.17) is 21.4 Å². The Bertz CT molecular complexity index is 259. The number of methoxy groups -OCH3 is 1. The molecule has 0 heterocycles. The molecule has 0 radical (unpaired) electrons. The molecule has 2 nitrogen and oxygen atoms in total. The van der Waals surface area contributed by atoms with Gasteiger partial charge in [-0.15, -0.1) is 0 Å². The second-order valence-corrected chi connectivity index (χ2v) is 3.81. The standard InChI is InChI=1S/C8H8ClIO2/c1-12-8-3-7(10)5(4-11)2-6(8)9/h2-3,11H,4H2,1H3. The van der Waals surface area contributed by atoms with Crippen LogP contribution in [-0.4, -0.2) is 12.2 Å². The van der Waals surface area contributed by atoms with Gasteiger partial charge in [0.25, 0.3) is 0 Å². The second-order valence-electron chi connectivity index (χ2n) is 2.24. The van der Waals surface area contributed by atoms with Crippen molar-refractivity contribution in [3.05, 3.63) is 26.3 Å². The zero-order valence-corrected chi connectivity index (χ0v) is 9.39. The van der Waals surface area contributed by atoms with Gasteiger partial charge >= 0.3 is 0 Å². The Kier molecular flexibility index (Phi) is 3.61. The van der Waals surface area contributed by atoms with Gasteiger partial charge in [-0.3, -0.25) is 0 Å². The van der Waals surface area contributed by atoms with Crippen molar-refractivity contribution >= 4 is 34.2 Å². The fourth-order valence-electron chi connectivity index (χ4n) is 0.847. The summed E-state index contributed by atoms with van der Waals surface area (Å²) in [6.07, 6.45) is 0. The number of aliphatic hydroxyl groups is 1. The quantitative estimate of drug-likeness (QED) is 0.850. The molecule has 0 saturated carbocycles. The average Bonchev–Trinajstić information content (AvgIpc) is 2.08. The molecule has 0 bridgehead atoms. The van der Waals surface area contributed by atoms with Gasteiger partial charge in [-0.25, -0.2) is 0 Å². The minimum absolute atomic E-state index is 0.00197. The molecule has 1 aromatic carbocycles. The van der Waals surface area contributed by atoms with Crippen molar-refractivity contribution in [3.63, 3.8) is 0 Å². The van der Waals surface area contributed by atoms with E-state index in [0.717, 1.165) is 9.13 Å². The van der Waals surface area contributed by atoms with Crippen molar-refractivity contribution in [3.8, 4) is 5.75 Å². The lowest BCUT2D eigenvalue weighted by Crippen LogP contribution is -1.91. The molecule has 0 aliphatic heterocycles. The van der Waals surface area contributed by atoms with E-state index in [1.54, 1.807) is 19.2 Å². The third-order valence-electron chi connectivity index (χ3n) is 1.49. The van der Waals surface area contributed by atoms with E-state index in [1.807, 2.05) is 0 Å². The van der Waals surface area contributed by atoms with E-state index in [2.05, 4.69) is 22.6 Å². The van der Waals surface area contributed by atoms with Gasteiger partial charge in [0.05, 0.1) is 18.7 Å². The zero-order chi connectivity index (χ0) is 9.14. The Balaban J connectivity index is 3.16. The van der Waals surface area contributed by atoms with Crippen LogP contribution in [0.25, 0.3) is 0 Å². The average molecular weight is 299 g/mol. The Labute approximate surface area is 89.6 Å². The predicted octanol–water partition coefficient (Wildman–Crippen LogP) is 2.45. The van der Waals surface area contributed by atoms with Crippen LogP contribution in [0.2, 0.25) is 5.02 Å². The highest BCUT2D eigenvalue weighted by atomic mass is 127. The number of aliphatic hydroxyl groups excluding tert-OH is 1. The lowest BCUT2D eigenvalue weighted by Gasteiger charge is -2.06. The minimum Gasteiger partial charge on any atom is -0.495 e. The lowest BCUT2D eigenvalue weighted by atomic mass is 10.2. The van der Waals surface area contributed by atoms with Crippen LogP contribution in [0.15, 0.2) is 12.1 Å². The molecule has 4 heteroatoms. The molecule has 0 saturated heterocycles. The molecule has 66 valence electrons. The molecule has 0 aliphatic carbocycles. The maximum Gasteiger partial charge on any atom is 0.138 e. The van der Waals surface area contributed by atoms with Crippen LogP contribution in [0, 0.1) is 3.57 Å². The Morgan fingerprint density at radius 3 is 2.75 bits per heavy atom. The highest BCUT2D eigenvalue weighted by molar-refractivity contribution is 14.1. The minimum atomic E-state index is 0.00197. The molecule has 0 amide bonds. The molecular weight excluding hydrogens is 290 g/mol. The van der Waals surface area contributed by atoms with Gasteiger partial charge in [-0.2, -0.15) is 0 Å². The maximum atomic E-state index is 8.90. The SMILES string of the molecule is COc1cc(I)c(CO)cc1Cl. The summed E-state index contributed by atoms with van der Waals surface area (Å²) < 4.78 is 5.96. The molecule has 0 aromatic heterocycles. The van der Waals surface area contributed by atoms with E-state index < -0.39 is 0 Å². The molecule has 1 N–H and O–H groups in total. The molecule has 1 aromatic rings. The fourth-order valence-corrected chi connectivity index (χ4v) is 1.72. The Morgan fingerprint density at radius 2 is 2.25 bits per heavy atom. The van der Waals surface area contributed by atoms with Crippen molar-refractivity contribution in [1.82, 2.24) is 0 Å². The number of hydrogen-bond acceptors (Lipinski definition) is 2. The molecule has 0 aliphatic rings. The fraction of sp³-hybridized carbons (Fsp3) is 0.250. The molecular formula is C8H8ClIO2. The Morgan fingerprint density at radius 1 is 1.58 bits per heavy atom. The van der Waals surface area contributed by atoms with E-state index in [1.165, 1.54) is 0 Å². The first-order valence-corrected chi connectivity index (χ1v) is 4.77. The first kappa shape index (κ1) is 10.1. The summed E-state index contributed by atoms with van der Waals surface area (Å²) in [4.78, 5) is 0. The maximum absolute atomic E-state index is 8.90. The smallest absolute Gasteiger partial charge is 0.138 e. The third kappa shape index (κ3) is 2.02. The topological polar surface area (TPSA) is 29.5 Å². The summed E-state index contributed by atoms with van der Waals surface area (Å²) in [5, 5.41) is 9.43. The van der Waals surface area contributed by atoms with Gasteiger partial charge in [0.1, 0.15) is 5.75 Å². The molecule has 12 heavy (non-hydrogen) atoms. The van der Waals surface area contributed by atoms with Crippen LogP contribution in [0.4, 0.5) is 0 Å². The molecule has 0 atom stereocenters. The summed E-state index contributed by atoms with van der Waals surface area (Å²) in [6.45, 7) is 0.00197. The summed E-state index contributed by atoms with van der Waals surface area (Å²) in [6, 6.07) is 3.51. The van der Waals surface area contributed by atoms with Crippen molar-refractivity contribution in [2.45, 2.75) is 6.61 Å². The monoisotopic (exact) mass is 298 g/mol. The van der Waals surface area contributed by atoms with Crippen molar-refractivity contribution < 1.29 is 9.84 Å². The van der Waals surface area contributed by atoms with E-state index in [0.29, 0.717) is 10.8 Å².